The molecule has 94 valence electrons. The molecule has 0 heterocycles. The predicted octanol–water partition coefficient (Wildman–Crippen LogP) is 4.26. The van der Waals surface area contributed by atoms with Crippen LogP contribution in [0.5, 0.6) is 0 Å². The Bertz CT molecular complexity index is 523. The van der Waals surface area contributed by atoms with E-state index in [9.17, 15) is 4.39 Å². The molecule has 2 aromatic rings. The second-order valence-corrected chi connectivity index (χ2v) is 4.50. The van der Waals surface area contributed by atoms with Gasteiger partial charge in [-0.3, -0.25) is 0 Å². The van der Waals surface area contributed by atoms with Gasteiger partial charge in [-0.2, -0.15) is 0 Å². The molecule has 3 heteroatoms. The third-order valence-corrected chi connectivity index (χ3v) is 3.16. The monoisotopic (exact) mass is 263 g/mol. The predicted molar refractivity (Wildman–Crippen MR) is 74.2 cm³/mol. The van der Waals surface area contributed by atoms with Crippen LogP contribution in [0.3, 0.4) is 0 Å². The highest BCUT2D eigenvalue weighted by atomic mass is 35.5. The van der Waals surface area contributed by atoms with Crippen molar-refractivity contribution in [2.75, 3.05) is 6.54 Å². The first-order valence-corrected chi connectivity index (χ1v) is 6.33. The van der Waals surface area contributed by atoms with Crippen molar-refractivity contribution >= 4 is 11.6 Å². The molecule has 0 amide bonds. The van der Waals surface area contributed by atoms with Crippen LogP contribution >= 0.6 is 11.6 Å². The van der Waals surface area contributed by atoms with E-state index in [0.717, 1.165) is 34.8 Å². The van der Waals surface area contributed by atoms with Gasteiger partial charge in [0.25, 0.3) is 0 Å². The second kappa shape index (κ2) is 5.98. The van der Waals surface area contributed by atoms with Gasteiger partial charge in [-0.15, -0.1) is 0 Å². The highest BCUT2D eigenvalue weighted by Gasteiger charge is 2.04. The Kier molecular flexibility index (Phi) is 4.34. The van der Waals surface area contributed by atoms with Crippen LogP contribution in [-0.2, 0) is 6.54 Å². The molecule has 0 saturated carbocycles. The summed E-state index contributed by atoms with van der Waals surface area (Å²) >= 11 is 6.14. The van der Waals surface area contributed by atoms with Gasteiger partial charge in [-0.05, 0) is 47.5 Å². The maximum absolute atomic E-state index is 12.9. The quantitative estimate of drug-likeness (QED) is 0.869. The Morgan fingerprint density at radius 3 is 2.39 bits per heavy atom. The van der Waals surface area contributed by atoms with E-state index in [0.29, 0.717) is 0 Å². The zero-order chi connectivity index (χ0) is 13.0. The van der Waals surface area contributed by atoms with Crippen LogP contribution in [0.2, 0.25) is 5.02 Å². The van der Waals surface area contributed by atoms with E-state index in [4.69, 9.17) is 11.6 Å². The molecule has 2 rings (SSSR count). The number of halogens is 2. The van der Waals surface area contributed by atoms with Gasteiger partial charge in [0, 0.05) is 11.6 Å². The summed E-state index contributed by atoms with van der Waals surface area (Å²) in [5.41, 5.74) is 3.10. The number of rotatable bonds is 4. The van der Waals surface area contributed by atoms with Gasteiger partial charge in [0.1, 0.15) is 5.82 Å². The lowest BCUT2D eigenvalue weighted by molar-refractivity contribution is 0.628. The fourth-order valence-electron chi connectivity index (χ4n) is 1.79. The maximum atomic E-state index is 12.9. The van der Waals surface area contributed by atoms with Gasteiger partial charge in [0.05, 0.1) is 0 Å². The van der Waals surface area contributed by atoms with Gasteiger partial charge < -0.3 is 5.32 Å². The average molecular weight is 264 g/mol. The van der Waals surface area contributed by atoms with Crippen molar-refractivity contribution < 1.29 is 4.39 Å². The van der Waals surface area contributed by atoms with E-state index in [2.05, 4.69) is 12.2 Å². The molecule has 0 aliphatic heterocycles. The van der Waals surface area contributed by atoms with Crippen molar-refractivity contribution in [3.63, 3.8) is 0 Å². The molecule has 2 aromatic carbocycles. The zero-order valence-corrected chi connectivity index (χ0v) is 11.0. The van der Waals surface area contributed by atoms with Crippen molar-refractivity contribution in [2.45, 2.75) is 13.5 Å². The minimum atomic E-state index is -0.222. The van der Waals surface area contributed by atoms with Gasteiger partial charge in [0.15, 0.2) is 0 Å². The van der Waals surface area contributed by atoms with Gasteiger partial charge in [0.2, 0.25) is 0 Å². The smallest absolute Gasteiger partial charge is 0.123 e. The highest BCUT2D eigenvalue weighted by molar-refractivity contribution is 6.31. The first kappa shape index (κ1) is 13.1. The lowest BCUT2D eigenvalue weighted by Gasteiger charge is -2.08. The largest absolute Gasteiger partial charge is 0.313 e. The molecule has 0 saturated heterocycles. The van der Waals surface area contributed by atoms with Crippen molar-refractivity contribution in [2.24, 2.45) is 0 Å². The van der Waals surface area contributed by atoms with Crippen molar-refractivity contribution in [1.29, 1.82) is 0 Å². The third kappa shape index (κ3) is 3.09. The van der Waals surface area contributed by atoms with Crippen molar-refractivity contribution in [3.05, 3.63) is 58.9 Å². The van der Waals surface area contributed by atoms with E-state index >= 15 is 0 Å². The summed E-state index contributed by atoms with van der Waals surface area (Å²) < 4.78 is 12.9. The fourth-order valence-corrected chi connectivity index (χ4v) is 1.98. The summed E-state index contributed by atoms with van der Waals surface area (Å²) in [6.45, 7) is 3.69. The van der Waals surface area contributed by atoms with Crippen LogP contribution in [0.15, 0.2) is 42.5 Å². The van der Waals surface area contributed by atoms with Crippen LogP contribution < -0.4 is 5.32 Å². The molecule has 0 aliphatic rings. The summed E-state index contributed by atoms with van der Waals surface area (Å²) in [5, 5.41) is 4.00. The Morgan fingerprint density at radius 1 is 1.06 bits per heavy atom. The van der Waals surface area contributed by atoms with E-state index < -0.39 is 0 Å². The second-order valence-electron chi connectivity index (χ2n) is 4.09. The topological polar surface area (TPSA) is 12.0 Å². The van der Waals surface area contributed by atoms with Crippen molar-refractivity contribution in [3.8, 4) is 11.1 Å². The van der Waals surface area contributed by atoms with Crippen LogP contribution in [0.1, 0.15) is 12.5 Å². The molecule has 1 nitrogen and oxygen atoms in total. The molecule has 0 aliphatic carbocycles. The van der Waals surface area contributed by atoms with Gasteiger partial charge >= 0.3 is 0 Å². The molecule has 0 fully saturated rings. The van der Waals surface area contributed by atoms with Crippen LogP contribution in [0.25, 0.3) is 11.1 Å². The number of benzene rings is 2. The third-order valence-electron chi connectivity index (χ3n) is 2.79. The Labute approximate surface area is 112 Å². The molecular formula is C15H15ClFN. The molecule has 0 bridgehead atoms. The summed E-state index contributed by atoms with van der Waals surface area (Å²) in [6.07, 6.45) is 0. The molecule has 1 N–H and O–H groups in total. The average Bonchev–Trinajstić information content (AvgIpc) is 2.39. The van der Waals surface area contributed by atoms with Gasteiger partial charge in [-0.25, -0.2) is 4.39 Å². The van der Waals surface area contributed by atoms with E-state index in [1.54, 1.807) is 12.1 Å². The molecular weight excluding hydrogens is 249 g/mol. The Balaban J connectivity index is 2.31. The fraction of sp³-hybridized carbons (Fsp3) is 0.200. The molecule has 0 atom stereocenters. The minimum absolute atomic E-state index is 0.222. The Hall–Kier alpha value is -1.38. The van der Waals surface area contributed by atoms with Gasteiger partial charge in [-0.1, -0.05) is 36.7 Å². The van der Waals surface area contributed by atoms with Crippen LogP contribution in [-0.4, -0.2) is 6.54 Å². The molecule has 18 heavy (non-hydrogen) atoms. The first-order chi connectivity index (χ1) is 8.70. The van der Waals surface area contributed by atoms with E-state index in [1.165, 1.54) is 12.1 Å². The minimum Gasteiger partial charge on any atom is -0.313 e. The van der Waals surface area contributed by atoms with E-state index in [-0.39, 0.29) is 5.82 Å². The summed E-state index contributed by atoms with van der Waals surface area (Å²) in [4.78, 5) is 0. The number of hydrogen-bond acceptors (Lipinski definition) is 1. The highest BCUT2D eigenvalue weighted by Crippen LogP contribution is 2.25. The lowest BCUT2D eigenvalue weighted by Crippen LogP contribution is -2.12. The van der Waals surface area contributed by atoms with E-state index in [1.807, 2.05) is 18.2 Å². The molecule has 0 spiro atoms. The lowest BCUT2D eigenvalue weighted by atomic mass is 10.0. The zero-order valence-electron chi connectivity index (χ0n) is 10.2. The summed E-state index contributed by atoms with van der Waals surface area (Å²) in [7, 11) is 0. The molecule has 0 radical (unpaired) electrons. The molecule has 0 aromatic heterocycles. The Morgan fingerprint density at radius 2 is 1.72 bits per heavy atom. The standard InChI is InChI=1S/C15H15ClFN/c1-2-18-10-13-9-12(5-8-15(13)16)11-3-6-14(17)7-4-11/h3-9,18H,2,10H2,1H3. The number of nitrogens with one attached hydrogen (secondary N) is 1. The van der Waals surface area contributed by atoms with Crippen LogP contribution in [0, 0.1) is 5.82 Å². The normalized spacial score (nSPS) is 10.6. The summed E-state index contributed by atoms with van der Waals surface area (Å²) in [6, 6.07) is 12.4. The first-order valence-electron chi connectivity index (χ1n) is 5.96. The molecule has 0 unspecified atom stereocenters. The number of hydrogen-bond donors (Lipinski definition) is 1. The summed E-state index contributed by atoms with van der Waals surface area (Å²) in [5.74, 6) is -0.222. The maximum Gasteiger partial charge on any atom is 0.123 e. The van der Waals surface area contributed by atoms with Crippen molar-refractivity contribution in [1.82, 2.24) is 5.32 Å². The van der Waals surface area contributed by atoms with Crippen LogP contribution in [0.4, 0.5) is 4.39 Å². The SMILES string of the molecule is CCNCc1cc(-c2ccc(F)cc2)ccc1Cl.